The van der Waals surface area contributed by atoms with Crippen molar-refractivity contribution in [3.05, 3.63) is 93.8 Å². The number of halogens is 2. The summed E-state index contributed by atoms with van der Waals surface area (Å²) in [7, 11) is 4.35. The molecule has 1 fully saturated rings. The molecule has 5 rings (SSSR count). The van der Waals surface area contributed by atoms with Crippen LogP contribution in [0.2, 0.25) is 5.02 Å². The lowest BCUT2D eigenvalue weighted by molar-refractivity contribution is -0.132. The first-order valence-corrected chi connectivity index (χ1v) is 14.5. The summed E-state index contributed by atoms with van der Waals surface area (Å²) in [5, 5.41) is 20.4. The highest BCUT2D eigenvalue weighted by atomic mass is 35.5. The molecule has 9 nitrogen and oxygen atoms in total. The SMILES string of the molecule is COc1cc(C2/C(=C(/O)c3ccc(Cl)cc3)C(=O)C(=O)N2c2nnc(SCc3ccc(F)cc3)s2)cc(OC)c1OC. The maximum Gasteiger partial charge on any atom is 0.301 e. The lowest BCUT2D eigenvalue weighted by atomic mass is 9.95. The van der Waals surface area contributed by atoms with Crippen molar-refractivity contribution in [2.45, 2.75) is 16.1 Å². The minimum atomic E-state index is -1.11. The number of rotatable bonds is 9. The lowest BCUT2D eigenvalue weighted by Crippen LogP contribution is -2.29. The molecule has 0 aliphatic carbocycles. The number of hydrogen-bond acceptors (Lipinski definition) is 10. The van der Waals surface area contributed by atoms with Crippen LogP contribution in [-0.4, -0.2) is 48.3 Å². The first kappa shape index (κ1) is 29.4. The Labute approximate surface area is 253 Å². The van der Waals surface area contributed by atoms with Gasteiger partial charge in [0.25, 0.3) is 5.78 Å². The second kappa shape index (κ2) is 12.4. The number of nitrogens with zero attached hydrogens (tertiary/aromatic N) is 3. The van der Waals surface area contributed by atoms with Crippen molar-refractivity contribution in [1.82, 2.24) is 10.2 Å². The highest BCUT2D eigenvalue weighted by Gasteiger charge is 2.49. The Hall–Kier alpha value is -4.13. The number of amides is 1. The van der Waals surface area contributed by atoms with Gasteiger partial charge in [-0.25, -0.2) is 4.39 Å². The molecule has 42 heavy (non-hydrogen) atoms. The molecule has 1 amide bonds. The van der Waals surface area contributed by atoms with E-state index in [-0.39, 0.29) is 33.8 Å². The predicted octanol–water partition coefficient (Wildman–Crippen LogP) is 6.28. The maximum absolute atomic E-state index is 13.6. The fourth-order valence-corrected chi connectivity index (χ4v) is 6.40. The van der Waals surface area contributed by atoms with E-state index in [1.54, 1.807) is 48.5 Å². The van der Waals surface area contributed by atoms with Crippen LogP contribution in [0, 0.1) is 5.82 Å². The van der Waals surface area contributed by atoms with E-state index in [1.165, 1.54) is 50.1 Å². The van der Waals surface area contributed by atoms with Crippen molar-refractivity contribution in [2.24, 2.45) is 0 Å². The number of ketones is 1. The molecule has 1 aromatic heterocycles. The Balaban J connectivity index is 1.61. The number of methoxy groups -OCH3 is 3. The normalized spacial score (nSPS) is 16.1. The van der Waals surface area contributed by atoms with Gasteiger partial charge in [-0.3, -0.25) is 14.5 Å². The molecule has 216 valence electrons. The molecule has 1 aliphatic rings. The van der Waals surface area contributed by atoms with Crippen molar-refractivity contribution in [3.8, 4) is 17.2 Å². The van der Waals surface area contributed by atoms with Crippen LogP contribution in [-0.2, 0) is 15.3 Å². The average molecular weight is 628 g/mol. The van der Waals surface area contributed by atoms with Crippen LogP contribution in [0.25, 0.3) is 5.76 Å². The van der Waals surface area contributed by atoms with Gasteiger partial charge < -0.3 is 19.3 Å². The van der Waals surface area contributed by atoms with Crippen molar-refractivity contribution in [1.29, 1.82) is 0 Å². The van der Waals surface area contributed by atoms with Gasteiger partial charge in [-0.1, -0.05) is 46.8 Å². The van der Waals surface area contributed by atoms with E-state index in [0.29, 0.717) is 32.0 Å². The third kappa shape index (κ3) is 5.65. The number of aliphatic hydroxyl groups excluding tert-OH is 1. The van der Waals surface area contributed by atoms with Crippen LogP contribution >= 0.6 is 34.7 Å². The molecule has 2 heterocycles. The van der Waals surface area contributed by atoms with E-state index in [1.807, 2.05) is 0 Å². The van der Waals surface area contributed by atoms with Crippen molar-refractivity contribution in [3.63, 3.8) is 0 Å². The van der Waals surface area contributed by atoms with Crippen LogP contribution in [0.5, 0.6) is 17.2 Å². The Morgan fingerprint density at radius 3 is 2.24 bits per heavy atom. The smallest absolute Gasteiger partial charge is 0.301 e. The average Bonchev–Trinajstić information content (AvgIpc) is 3.57. The summed E-state index contributed by atoms with van der Waals surface area (Å²) in [5.74, 6) is -1.14. The number of ether oxygens (including phenoxy) is 3. The fourth-order valence-electron chi connectivity index (χ4n) is 4.45. The van der Waals surface area contributed by atoms with Gasteiger partial charge in [0, 0.05) is 16.3 Å². The minimum Gasteiger partial charge on any atom is -0.507 e. The number of anilines is 1. The van der Waals surface area contributed by atoms with Gasteiger partial charge in [0.2, 0.25) is 10.9 Å². The molecule has 0 bridgehead atoms. The number of aromatic nitrogens is 2. The van der Waals surface area contributed by atoms with E-state index in [0.717, 1.165) is 16.9 Å². The van der Waals surface area contributed by atoms with Crippen molar-refractivity contribution >= 4 is 57.3 Å². The largest absolute Gasteiger partial charge is 0.507 e. The number of thioether (sulfide) groups is 1. The highest BCUT2D eigenvalue weighted by Crippen LogP contribution is 2.48. The molecular weight excluding hydrogens is 605 g/mol. The Bertz CT molecular complexity index is 1650. The lowest BCUT2D eigenvalue weighted by Gasteiger charge is -2.24. The third-order valence-corrected chi connectivity index (χ3v) is 8.82. The van der Waals surface area contributed by atoms with E-state index < -0.39 is 17.7 Å². The van der Waals surface area contributed by atoms with Gasteiger partial charge in [-0.2, -0.15) is 0 Å². The Morgan fingerprint density at radius 2 is 1.64 bits per heavy atom. The molecule has 1 atom stereocenters. The zero-order chi connectivity index (χ0) is 30.0. The number of aliphatic hydroxyl groups is 1. The van der Waals surface area contributed by atoms with E-state index in [4.69, 9.17) is 25.8 Å². The quantitative estimate of drug-likeness (QED) is 0.0754. The molecule has 0 radical (unpaired) electrons. The number of carbonyl (C=O) groups is 2. The number of carbonyl (C=O) groups excluding carboxylic acids is 2. The summed E-state index contributed by atoms with van der Waals surface area (Å²) in [6.07, 6.45) is 0. The molecule has 13 heteroatoms. The number of benzene rings is 3. The first-order chi connectivity index (χ1) is 20.2. The van der Waals surface area contributed by atoms with E-state index in [9.17, 15) is 19.1 Å². The third-order valence-electron chi connectivity index (χ3n) is 6.44. The molecule has 0 saturated carbocycles. The highest BCUT2D eigenvalue weighted by molar-refractivity contribution is 8.00. The zero-order valence-electron chi connectivity index (χ0n) is 22.5. The molecule has 3 aromatic carbocycles. The molecule has 1 saturated heterocycles. The van der Waals surface area contributed by atoms with Gasteiger partial charge in [0.05, 0.1) is 32.9 Å². The molecular formula is C29H23ClFN3O6S2. The monoisotopic (exact) mass is 627 g/mol. The minimum absolute atomic E-state index is 0.146. The van der Waals surface area contributed by atoms with Crippen LogP contribution < -0.4 is 19.1 Å². The van der Waals surface area contributed by atoms with Gasteiger partial charge in [0.15, 0.2) is 15.8 Å². The first-order valence-electron chi connectivity index (χ1n) is 12.3. The summed E-state index contributed by atoms with van der Waals surface area (Å²) < 4.78 is 30.3. The standard InChI is InChI=1S/C29H23ClFN3O6S2/c1-38-20-12-17(13-21(39-2)26(20)40-3)23-22(24(35)16-6-8-18(30)9-7-16)25(36)27(37)34(23)28-32-33-29(42-28)41-14-15-4-10-19(31)11-5-15/h4-13,23,35H,14H2,1-3H3/b24-22-. The Kier molecular flexibility index (Phi) is 8.66. The van der Waals surface area contributed by atoms with Gasteiger partial charge in [-0.05, 0) is 59.7 Å². The molecule has 1 unspecified atom stereocenters. The van der Waals surface area contributed by atoms with E-state index in [2.05, 4.69) is 10.2 Å². The van der Waals surface area contributed by atoms with Crippen molar-refractivity contribution < 1.29 is 33.3 Å². The second-order valence-corrected chi connectivity index (χ2v) is 11.5. The zero-order valence-corrected chi connectivity index (χ0v) is 24.8. The summed E-state index contributed by atoms with van der Waals surface area (Å²) in [6, 6.07) is 14.4. The Morgan fingerprint density at radius 1 is 1.00 bits per heavy atom. The van der Waals surface area contributed by atoms with Gasteiger partial charge in [0.1, 0.15) is 11.6 Å². The topological polar surface area (TPSA) is 111 Å². The van der Waals surface area contributed by atoms with Crippen LogP contribution in [0.1, 0.15) is 22.7 Å². The summed E-state index contributed by atoms with van der Waals surface area (Å²) >= 11 is 8.48. The van der Waals surface area contributed by atoms with E-state index >= 15 is 0 Å². The van der Waals surface area contributed by atoms with Crippen LogP contribution in [0.4, 0.5) is 9.52 Å². The van der Waals surface area contributed by atoms with Crippen molar-refractivity contribution in [2.75, 3.05) is 26.2 Å². The van der Waals surface area contributed by atoms with Crippen LogP contribution in [0.3, 0.4) is 0 Å². The molecule has 0 spiro atoms. The van der Waals surface area contributed by atoms with Gasteiger partial charge >= 0.3 is 5.91 Å². The van der Waals surface area contributed by atoms with Crippen LogP contribution in [0.15, 0.2) is 70.6 Å². The van der Waals surface area contributed by atoms with Gasteiger partial charge in [-0.15, -0.1) is 10.2 Å². The number of hydrogen-bond donors (Lipinski definition) is 1. The fraction of sp³-hybridized carbons (Fsp3) is 0.172. The predicted molar refractivity (Wildman–Crippen MR) is 158 cm³/mol. The maximum atomic E-state index is 13.6. The molecule has 1 N–H and O–H groups in total. The second-order valence-electron chi connectivity index (χ2n) is 8.90. The number of Topliss-reactive ketones (excluding diaryl/α,β-unsaturated/α-hetero) is 1. The summed E-state index contributed by atoms with van der Waals surface area (Å²) in [4.78, 5) is 28.3. The molecule has 4 aromatic rings. The summed E-state index contributed by atoms with van der Waals surface area (Å²) in [5.41, 5.74) is 1.41. The summed E-state index contributed by atoms with van der Waals surface area (Å²) in [6.45, 7) is 0. The molecule has 1 aliphatic heterocycles.